The lowest BCUT2D eigenvalue weighted by atomic mass is 9.45. The van der Waals surface area contributed by atoms with Crippen molar-refractivity contribution in [3.05, 3.63) is 23.0 Å². The second kappa shape index (κ2) is 10.1. The second-order valence-corrected chi connectivity index (χ2v) is 14.4. The molecule has 0 aliphatic heterocycles. The van der Waals surface area contributed by atoms with Gasteiger partial charge in [-0.1, -0.05) is 54.0 Å². The summed E-state index contributed by atoms with van der Waals surface area (Å²) in [6.45, 7) is 17.0. The van der Waals surface area contributed by atoms with Crippen molar-refractivity contribution in [3.8, 4) is 0 Å². The fourth-order valence-electron chi connectivity index (χ4n) is 9.78. The van der Waals surface area contributed by atoms with E-state index in [2.05, 4.69) is 48.5 Å². The minimum absolute atomic E-state index is 0.0702. The van der Waals surface area contributed by atoms with E-state index in [1.54, 1.807) is 6.26 Å². The Balaban J connectivity index is 1.58. The van der Waals surface area contributed by atoms with Crippen LogP contribution in [0.2, 0.25) is 0 Å². The van der Waals surface area contributed by atoms with Crippen LogP contribution in [0.4, 0.5) is 0 Å². The first-order valence-corrected chi connectivity index (χ1v) is 14.8. The first kappa shape index (κ1) is 28.8. The summed E-state index contributed by atoms with van der Waals surface area (Å²) < 4.78 is 5.21. The van der Waals surface area contributed by atoms with Gasteiger partial charge in [0, 0.05) is 6.92 Å². The zero-order valence-corrected chi connectivity index (χ0v) is 24.5. The summed E-state index contributed by atoms with van der Waals surface area (Å²) >= 11 is 0. The fraction of sp³-hybridized carbons (Fsp3) is 0.844. The van der Waals surface area contributed by atoms with Gasteiger partial charge >= 0.3 is 5.97 Å². The van der Waals surface area contributed by atoms with E-state index in [9.17, 15) is 20.1 Å². The minimum atomic E-state index is -0.754. The van der Waals surface area contributed by atoms with Gasteiger partial charge in [-0.05, 0) is 108 Å². The molecule has 9 atom stereocenters. The molecule has 5 nitrogen and oxygen atoms in total. The maximum absolute atomic E-state index is 11.8. The molecule has 2 unspecified atom stereocenters. The number of carbonyl (C=O) groups excluding carboxylic acids is 1. The third kappa shape index (κ3) is 4.76. The Labute approximate surface area is 224 Å². The molecule has 0 amide bonds. The molecular formula is C32H52O5. The molecule has 0 spiro atoms. The number of allylic oxidation sites excluding steroid dienone is 2. The molecule has 4 aliphatic carbocycles. The Kier molecular flexibility index (Phi) is 7.87. The van der Waals surface area contributed by atoms with Crippen LogP contribution in [0.15, 0.2) is 23.0 Å². The monoisotopic (exact) mass is 516 g/mol. The molecule has 0 radical (unpaired) electrons. The van der Waals surface area contributed by atoms with Crippen molar-refractivity contribution in [1.29, 1.82) is 0 Å². The number of rotatable bonds is 6. The first-order chi connectivity index (χ1) is 17.1. The Hall–Kier alpha value is -1.17. The predicted octanol–water partition coefficient (Wildman–Crippen LogP) is 6.17. The van der Waals surface area contributed by atoms with Crippen LogP contribution in [0.5, 0.6) is 0 Å². The SMILES string of the molecule is CC(=O)OC=C(CC[C@@H](C)[C@H]1CC[C@H]2C3=C(C(O)C[C@]12C)[C@@]1(C)C[C@@H](O)[C@H](O)C(C)(C)C1CC3)C(C)C. The summed E-state index contributed by atoms with van der Waals surface area (Å²) in [7, 11) is 0. The maximum Gasteiger partial charge on any atom is 0.307 e. The number of aliphatic hydroxyl groups excluding tert-OH is 3. The van der Waals surface area contributed by atoms with Crippen molar-refractivity contribution in [2.45, 2.75) is 125 Å². The van der Waals surface area contributed by atoms with E-state index in [4.69, 9.17) is 4.74 Å². The van der Waals surface area contributed by atoms with E-state index in [0.29, 0.717) is 30.1 Å². The maximum atomic E-state index is 11.8. The summed E-state index contributed by atoms with van der Waals surface area (Å²) in [5.41, 5.74) is 3.29. The van der Waals surface area contributed by atoms with E-state index in [-0.39, 0.29) is 28.1 Å². The van der Waals surface area contributed by atoms with Crippen LogP contribution >= 0.6 is 0 Å². The summed E-state index contributed by atoms with van der Waals surface area (Å²) in [4.78, 5) is 11.3. The third-order valence-corrected chi connectivity index (χ3v) is 11.6. The quantitative estimate of drug-likeness (QED) is 0.223. The molecular weight excluding hydrogens is 464 g/mol. The topological polar surface area (TPSA) is 87.0 Å². The molecule has 37 heavy (non-hydrogen) atoms. The second-order valence-electron chi connectivity index (χ2n) is 14.4. The number of ether oxygens (including phenoxy) is 1. The molecule has 4 rings (SSSR count). The minimum Gasteiger partial charge on any atom is -0.435 e. The highest BCUT2D eigenvalue weighted by molar-refractivity contribution is 5.66. The van der Waals surface area contributed by atoms with Crippen LogP contribution in [-0.4, -0.2) is 39.6 Å². The van der Waals surface area contributed by atoms with Crippen LogP contribution in [0.25, 0.3) is 0 Å². The van der Waals surface area contributed by atoms with Gasteiger partial charge in [0.25, 0.3) is 0 Å². The Morgan fingerprint density at radius 3 is 2.35 bits per heavy atom. The molecule has 0 bridgehead atoms. The third-order valence-electron chi connectivity index (χ3n) is 11.6. The van der Waals surface area contributed by atoms with Gasteiger partial charge in [0.05, 0.1) is 24.6 Å². The molecule has 0 aromatic rings. The van der Waals surface area contributed by atoms with E-state index in [1.165, 1.54) is 36.5 Å². The van der Waals surface area contributed by atoms with Crippen molar-refractivity contribution >= 4 is 5.97 Å². The lowest BCUT2D eigenvalue weighted by Crippen LogP contribution is -2.60. The highest BCUT2D eigenvalue weighted by Crippen LogP contribution is 2.68. The van der Waals surface area contributed by atoms with Crippen molar-refractivity contribution in [1.82, 2.24) is 0 Å². The van der Waals surface area contributed by atoms with Crippen molar-refractivity contribution < 1.29 is 24.9 Å². The zero-order valence-electron chi connectivity index (χ0n) is 24.5. The van der Waals surface area contributed by atoms with Gasteiger partial charge in [-0.3, -0.25) is 4.79 Å². The molecule has 3 N–H and O–H groups in total. The van der Waals surface area contributed by atoms with Gasteiger partial charge in [0.15, 0.2) is 0 Å². The number of hydrogen-bond acceptors (Lipinski definition) is 5. The lowest BCUT2D eigenvalue weighted by Gasteiger charge is -2.61. The normalized spacial score (nSPS) is 42.2. The number of esters is 1. The molecule has 210 valence electrons. The van der Waals surface area contributed by atoms with E-state index < -0.39 is 18.3 Å². The average molecular weight is 517 g/mol. The zero-order chi connectivity index (χ0) is 27.5. The standard InChI is InChI=1S/C32H52O5/c1-18(2)21(17-37-20(4)33)10-9-19(3)23-12-13-24-22-11-14-27-30(5,6)29(36)26(35)16-32(27,8)28(22)25(34)15-31(23,24)7/h17-19,23-27,29,34-36H,9-16H2,1-8H3/t19-,23-,24+,25?,26-,27?,29+,31-,32+/m1/s1. The van der Waals surface area contributed by atoms with Crippen LogP contribution in [0, 0.1) is 45.8 Å². The number of fused-ring (bicyclic) bond motifs is 4. The number of aliphatic hydroxyl groups is 3. The highest BCUT2D eigenvalue weighted by Gasteiger charge is 2.62. The van der Waals surface area contributed by atoms with Crippen LogP contribution in [0.1, 0.15) is 107 Å². The molecule has 5 heteroatoms. The average Bonchev–Trinajstić information content (AvgIpc) is 3.13. The van der Waals surface area contributed by atoms with E-state index in [0.717, 1.165) is 32.1 Å². The van der Waals surface area contributed by atoms with Crippen LogP contribution < -0.4 is 0 Å². The largest absolute Gasteiger partial charge is 0.435 e. The Morgan fingerprint density at radius 1 is 1.05 bits per heavy atom. The fourth-order valence-corrected chi connectivity index (χ4v) is 9.78. The van der Waals surface area contributed by atoms with Crippen LogP contribution in [0.3, 0.4) is 0 Å². The van der Waals surface area contributed by atoms with Crippen molar-refractivity contribution in [2.75, 3.05) is 0 Å². The van der Waals surface area contributed by atoms with Gasteiger partial charge in [0.2, 0.25) is 0 Å². The Morgan fingerprint density at radius 2 is 1.73 bits per heavy atom. The van der Waals surface area contributed by atoms with Gasteiger partial charge in [-0.25, -0.2) is 0 Å². The van der Waals surface area contributed by atoms with Crippen molar-refractivity contribution in [3.63, 3.8) is 0 Å². The summed E-state index contributed by atoms with van der Waals surface area (Å²) in [6.07, 6.45) is 7.38. The van der Waals surface area contributed by atoms with Gasteiger partial charge in [-0.2, -0.15) is 0 Å². The van der Waals surface area contributed by atoms with Gasteiger partial charge < -0.3 is 20.1 Å². The summed E-state index contributed by atoms with van der Waals surface area (Å²) in [5.74, 6) is 1.87. The van der Waals surface area contributed by atoms with Gasteiger partial charge in [-0.15, -0.1) is 0 Å². The van der Waals surface area contributed by atoms with Crippen LogP contribution in [-0.2, 0) is 9.53 Å². The number of carbonyl (C=O) groups is 1. The molecule has 0 aromatic heterocycles. The first-order valence-electron chi connectivity index (χ1n) is 14.8. The molecule has 0 heterocycles. The van der Waals surface area contributed by atoms with E-state index in [1.807, 2.05) is 0 Å². The lowest BCUT2D eigenvalue weighted by molar-refractivity contribution is -0.161. The smallest absolute Gasteiger partial charge is 0.307 e. The Bertz CT molecular complexity index is 947. The van der Waals surface area contributed by atoms with E-state index >= 15 is 0 Å². The summed E-state index contributed by atoms with van der Waals surface area (Å²) in [5, 5.41) is 33.5. The molecule has 2 saturated carbocycles. The highest BCUT2D eigenvalue weighted by atomic mass is 16.5. The number of hydrogen-bond donors (Lipinski definition) is 3. The molecule has 0 aromatic carbocycles. The molecule has 4 aliphatic rings. The molecule has 2 fully saturated rings. The summed E-state index contributed by atoms with van der Waals surface area (Å²) in [6, 6.07) is 0. The van der Waals surface area contributed by atoms with Gasteiger partial charge in [0.1, 0.15) is 0 Å². The van der Waals surface area contributed by atoms with Crippen molar-refractivity contribution in [2.24, 2.45) is 45.8 Å². The predicted molar refractivity (Wildman–Crippen MR) is 146 cm³/mol. The molecule has 0 saturated heterocycles.